The smallest absolute Gasteiger partial charge is 0.313 e. The van der Waals surface area contributed by atoms with Crippen molar-refractivity contribution in [2.24, 2.45) is 0 Å². The molecule has 4 rings (SSSR count). The normalized spacial score (nSPS) is 23.5. The lowest BCUT2D eigenvalue weighted by Gasteiger charge is -2.44. The van der Waals surface area contributed by atoms with Crippen LogP contribution in [0.4, 0.5) is 0 Å². The second-order valence-corrected chi connectivity index (χ2v) is 6.91. The molecule has 2 aromatic rings. The van der Waals surface area contributed by atoms with Crippen LogP contribution in [-0.4, -0.2) is 27.9 Å². The molecule has 2 unspecified atom stereocenters. The summed E-state index contributed by atoms with van der Waals surface area (Å²) in [7, 11) is 0. The van der Waals surface area contributed by atoms with Crippen molar-refractivity contribution in [2.45, 2.75) is 43.7 Å². The molecule has 2 atom stereocenters. The van der Waals surface area contributed by atoms with Crippen LogP contribution in [0.5, 0.6) is 0 Å². The highest BCUT2D eigenvalue weighted by Gasteiger charge is 2.46. The van der Waals surface area contributed by atoms with E-state index in [1.807, 2.05) is 47.4 Å². The van der Waals surface area contributed by atoms with Crippen molar-refractivity contribution < 1.29 is 14.7 Å². The van der Waals surface area contributed by atoms with Gasteiger partial charge in [-0.1, -0.05) is 61.4 Å². The number of carbonyl (C=O) groups is 2. The summed E-state index contributed by atoms with van der Waals surface area (Å²) in [5.41, 5.74) is 2.06. The Balaban J connectivity index is 1.91. The zero-order chi connectivity index (χ0) is 17.4. The molecule has 1 fully saturated rings. The average molecular weight is 335 g/mol. The van der Waals surface area contributed by atoms with E-state index in [4.69, 9.17) is 0 Å². The third kappa shape index (κ3) is 2.62. The Hall–Kier alpha value is -2.62. The molecule has 0 aromatic heterocycles. The second-order valence-electron chi connectivity index (χ2n) is 6.91. The van der Waals surface area contributed by atoms with Crippen molar-refractivity contribution in [3.63, 3.8) is 0 Å². The predicted molar refractivity (Wildman–Crippen MR) is 94.4 cm³/mol. The highest BCUT2D eigenvalue weighted by atomic mass is 16.4. The molecule has 4 nitrogen and oxygen atoms in total. The van der Waals surface area contributed by atoms with Gasteiger partial charge in [0.25, 0.3) is 5.91 Å². The number of amides is 1. The van der Waals surface area contributed by atoms with E-state index in [0.717, 1.165) is 31.2 Å². The fraction of sp³-hybridized carbons (Fsp3) is 0.333. The summed E-state index contributed by atoms with van der Waals surface area (Å²) in [6.07, 6.45) is 4.08. The number of carbonyl (C=O) groups excluding carboxylic acids is 1. The molecule has 1 amide bonds. The van der Waals surface area contributed by atoms with Crippen LogP contribution in [0, 0.1) is 0 Å². The lowest BCUT2D eigenvalue weighted by Crippen LogP contribution is -2.49. The molecular formula is C21H21NO3. The van der Waals surface area contributed by atoms with E-state index in [-0.39, 0.29) is 11.9 Å². The van der Waals surface area contributed by atoms with E-state index >= 15 is 0 Å². The molecule has 4 heteroatoms. The van der Waals surface area contributed by atoms with Crippen molar-refractivity contribution in [3.8, 4) is 0 Å². The van der Waals surface area contributed by atoms with E-state index in [2.05, 4.69) is 0 Å². The monoisotopic (exact) mass is 335 g/mol. The van der Waals surface area contributed by atoms with Gasteiger partial charge in [-0.2, -0.15) is 0 Å². The standard InChI is InChI=1S/C21H21NO3/c23-20-17-13-7-6-12-16(17)18(21(24)25)19(14-8-2-1-3-9-14)22(20)15-10-4-5-11-15/h1-3,6-9,12-13,15,18-19H,4-5,10-11H2,(H,24,25). The van der Waals surface area contributed by atoms with Crippen LogP contribution in [0.3, 0.4) is 0 Å². The van der Waals surface area contributed by atoms with Crippen molar-refractivity contribution in [2.75, 3.05) is 0 Å². The summed E-state index contributed by atoms with van der Waals surface area (Å²) < 4.78 is 0. The van der Waals surface area contributed by atoms with Gasteiger partial charge in [-0.05, 0) is 30.0 Å². The third-order valence-electron chi connectivity index (χ3n) is 5.50. The summed E-state index contributed by atoms with van der Waals surface area (Å²) in [4.78, 5) is 27.4. The molecule has 1 N–H and O–H groups in total. The number of carboxylic acid groups (broad SMARTS) is 1. The van der Waals surface area contributed by atoms with Gasteiger partial charge in [0.1, 0.15) is 5.92 Å². The summed E-state index contributed by atoms with van der Waals surface area (Å²) in [5.74, 6) is -1.65. The van der Waals surface area contributed by atoms with E-state index in [1.165, 1.54) is 0 Å². The first-order chi connectivity index (χ1) is 12.2. The molecule has 0 saturated heterocycles. The second kappa shape index (κ2) is 6.36. The SMILES string of the molecule is O=C(O)C1c2ccccc2C(=O)N(C2CCCC2)C1c1ccccc1. The summed E-state index contributed by atoms with van der Waals surface area (Å²) in [5, 5.41) is 10.0. The largest absolute Gasteiger partial charge is 0.481 e. The van der Waals surface area contributed by atoms with Crippen molar-refractivity contribution in [1.82, 2.24) is 4.90 Å². The van der Waals surface area contributed by atoms with Crippen LogP contribution in [-0.2, 0) is 4.79 Å². The zero-order valence-electron chi connectivity index (χ0n) is 14.0. The number of rotatable bonds is 3. The molecule has 0 bridgehead atoms. The minimum absolute atomic E-state index is 0.0335. The molecule has 1 aliphatic heterocycles. The number of aliphatic carboxylic acids is 1. The first-order valence-corrected chi connectivity index (χ1v) is 8.88. The Labute approximate surface area is 147 Å². The number of benzene rings is 2. The minimum atomic E-state index is -0.878. The van der Waals surface area contributed by atoms with Gasteiger partial charge >= 0.3 is 5.97 Å². The topological polar surface area (TPSA) is 57.6 Å². The summed E-state index contributed by atoms with van der Waals surface area (Å²) >= 11 is 0. The quantitative estimate of drug-likeness (QED) is 0.922. The Kier molecular flexibility index (Phi) is 4.04. The van der Waals surface area contributed by atoms with Crippen LogP contribution in [0.2, 0.25) is 0 Å². The molecule has 0 radical (unpaired) electrons. The van der Waals surface area contributed by atoms with E-state index < -0.39 is 17.9 Å². The molecular weight excluding hydrogens is 314 g/mol. The van der Waals surface area contributed by atoms with Crippen LogP contribution in [0.1, 0.15) is 59.1 Å². The Morgan fingerprint density at radius 2 is 1.60 bits per heavy atom. The maximum absolute atomic E-state index is 13.3. The number of hydrogen-bond donors (Lipinski definition) is 1. The molecule has 2 aliphatic rings. The van der Waals surface area contributed by atoms with Crippen molar-refractivity contribution in [3.05, 3.63) is 71.3 Å². The Morgan fingerprint density at radius 1 is 0.960 bits per heavy atom. The molecule has 25 heavy (non-hydrogen) atoms. The summed E-state index contributed by atoms with van der Waals surface area (Å²) in [6.45, 7) is 0. The van der Waals surface area contributed by atoms with Gasteiger partial charge in [0, 0.05) is 11.6 Å². The Bertz CT molecular complexity index is 796. The molecule has 1 heterocycles. The molecule has 128 valence electrons. The van der Waals surface area contributed by atoms with Crippen molar-refractivity contribution >= 4 is 11.9 Å². The average Bonchev–Trinajstić information content (AvgIpc) is 3.16. The molecule has 2 aromatic carbocycles. The predicted octanol–water partition coefficient (Wildman–Crippen LogP) is 3.99. The highest BCUT2D eigenvalue weighted by molar-refractivity contribution is 6.00. The van der Waals surface area contributed by atoms with Crippen LogP contribution >= 0.6 is 0 Å². The van der Waals surface area contributed by atoms with Gasteiger partial charge in [-0.15, -0.1) is 0 Å². The highest BCUT2D eigenvalue weighted by Crippen LogP contribution is 2.45. The van der Waals surface area contributed by atoms with Gasteiger partial charge in [0.05, 0.1) is 6.04 Å². The first-order valence-electron chi connectivity index (χ1n) is 8.88. The summed E-state index contributed by atoms with van der Waals surface area (Å²) in [6, 6.07) is 16.4. The zero-order valence-corrected chi connectivity index (χ0v) is 14.0. The fourth-order valence-electron chi connectivity index (χ4n) is 4.41. The number of hydrogen-bond acceptors (Lipinski definition) is 2. The van der Waals surface area contributed by atoms with E-state index in [9.17, 15) is 14.7 Å². The lowest BCUT2D eigenvalue weighted by atomic mass is 9.79. The van der Waals surface area contributed by atoms with Gasteiger partial charge < -0.3 is 10.0 Å². The van der Waals surface area contributed by atoms with Crippen LogP contribution < -0.4 is 0 Å². The van der Waals surface area contributed by atoms with Crippen LogP contribution in [0.25, 0.3) is 0 Å². The number of carboxylic acids is 1. The maximum atomic E-state index is 13.3. The van der Waals surface area contributed by atoms with Crippen molar-refractivity contribution in [1.29, 1.82) is 0 Å². The van der Waals surface area contributed by atoms with E-state index in [1.54, 1.807) is 12.1 Å². The van der Waals surface area contributed by atoms with Gasteiger partial charge in [-0.3, -0.25) is 9.59 Å². The maximum Gasteiger partial charge on any atom is 0.313 e. The van der Waals surface area contributed by atoms with E-state index in [0.29, 0.717) is 11.1 Å². The van der Waals surface area contributed by atoms with Gasteiger partial charge in [-0.25, -0.2) is 0 Å². The first kappa shape index (κ1) is 15.9. The number of nitrogens with zero attached hydrogens (tertiary/aromatic N) is 1. The Morgan fingerprint density at radius 3 is 2.28 bits per heavy atom. The number of fused-ring (bicyclic) bond motifs is 1. The molecule has 1 saturated carbocycles. The fourth-order valence-corrected chi connectivity index (χ4v) is 4.41. The molecule has 1 aliphatic carbocycles. The van der Waals surface area contributed by atoms with Gasteiger partial charge in [0.2, 0.25) is 0 Å². The minimum Gasteiger partial charge on any atom is -0.481 e. The molecule has 0 spiro atoms. The van der Waals surface area contributed by atoms with Gasteiger partial charge in [0.15, 0.2) is 0 Å². The lowest BCUT2D eigenvalue weighted by molar-refractivity contribution is -0.140. The van der Waals surface area contributed by atoms with Crippen LogP contribution in [0.15, 0.2) is 54.6 Å². The third-order valence-corrected chi connectivity index (χ3v) is 5.50.